The Morgan fingerprint density at radius 3 is 2.23 bits per heavy atom. The predicted molar refractivity (Wildman–Crippen MR) is 139 cm³/mol. The molecule has 0 bridgehead atoms. The van der Waals surface area contributed by atoms with Gasteiger partial charge >= 0.3 is 0 Å². The number of benzene rings is 1. The van der Waals surface area contributed by atoms with E-state index in [2.05, 4.69) is 63.5 Å². The van der Waals surface area contributed by atoms with E-state index in [1.807, 2.05) is 7.05 Å². The molecule has 2 fully saturated rings. The topological polar surface area (TPSA) is 42.9 Å². The number of hydrogen-bond donors (Lipinski definition) is 2. The monoisotopic (exact) mass is 527 g/mol. The standard InChI is InChI=1S/C24H41N5.HI/c1-4-13-28-16-11-23(12-17-28)27-24(25-3)26-18-21-9-14-29(15-10-21)19-22-7-5-20(2)6-8-22;/h5-8,21,23H,4,9-19H2,1-3H3,(H2,25,26,27);1H. The molecule has 0 aliphatic carbocycles. The highest BCUT2D eigenvalue weighted by atomic mass is 127. The molecule has 0 amide bonds. The number of halogens is 1. The van der Waals surface area contributed by atoms with E-state index in [4.69, 9.17) is 0 Å². The zero-order valence-electron chi connectivity index (χ0n) is 19.2. The molecule has 0 saturated carbocycles. The van der Waals surface area contributed by atoms with Gasteiger partial charge in [0.05, 0.1) is 0 Å². The molecule has 0 radical (unpaired) electrons. The molecule has 2 heterocycles. The first-order valence-corrected chi connectivity index (χ1v) is 11.6. The fourth-order valence-electron chi connectivity index (χ4n) is 4.55. The number of aryl methyl sites for hydroxylation is 1. The largest absolute Gasteiger partial charge is 0.356 e. The summed E-state index contributed by atoms with van der Waals surface area (Å²) in [4.78, 5) is 9.65. The van der Waals surface area contributed by atoms with Crippen LogP contribution < -0.4 is 10.6 Å². The molecule has 6 heteroatoms. The third kappa shape index (κ3) is 8.35. The van der Waals surface area contributed by atoms with Gasteiger partial charge in [0.2, 0.25) is 0 Å². The lowest BCUT2D eigenvalue weighted by Crippen LogP contribution is -2.50. The summed E-state index contributed by atoms with van der Waals surface area (Å²) in [6.07, 6.45) is 6.23. The number of piperidine rings is 2. The van der Waals surface area contributed by atoms with Crippen molar-refractivity contribution in [2.24, 2.45) is 10.9 Å². The van der Waals surface area contributed by atoms with Crippen molar-refractivity contribution in [3.05, 3.63) is 35.4 Å². The Morgan fingerprint density at radius 1 is 1.00 bits per heavy atom. The van der Waals surface area contributed by atoms with Gasteiger partial charge < -0.3 is 15.5 Å². The zero-order valence-corrected chi connectivity index (χ0v) is 21.5. The molecule has 30 heavy (non-hydrogen) atoms. The normalized spacial score (nSPS) is 20.0. The minimum absolute atomic E-state index is 0. The lowest BCUT2D eigenvalue weighted by atomic mass is 9.96. The molecule has 2 aliphatic rings. The van der Waals surface area contributed by atoms with Gasteiger partial charge in [-0.25, -0.2) is 0 Å². The second-order valence-electron chi connectivity index (χ2n) is 8.92. The number of hydrogen-bond acceptors (Lipinski definition) is 3. The van der Waals surface area contributed by atoms with Crippen LogP contribution in [0.2, 0.25) is 0 Å². The van der Waals surface area contributed by atoms with Crippen LogP contribution in [0.4, 0.5) is 0 Å². The molecule has 2 N–H and O–H groups in total. The fraction of sp³-hybridized carbons (Fsp3) is 0.708. The molecule has 5 nitrogen and oxygen atoms in total. The first-order chi connectivity index (χ1) is 14.2. The lowest BCUT2D eigenvalue weighted by Gasteiger charge is -2.34. The molecule has 0 atom stereocenters. The molecular formula is C24H42IN5. The van der Waals surface area contributed by atoms with Crippen molar-refractivity contribution in [2.75, 3.05) is 46.3 Å². The second kappa shape index (κ2) is 13.5. The predicted octanol–water partition coefficient (Wildman–Crippen LogP) is 3.86. The molecule has 2 aliphatic heterocycles. The Hall–Kier alpha value is -0.860. The van der Waals surface area contributed by atoms with Crippen molar-refractivity contribution in [3.8, 4) is 0 Å². The van der Waals surface area contributed by atoms with Crippen molar-refractivity contribution < 1.29 is 0 Å². The second-order valence-corrected chi connectivity index (χ2v) is 8.92. The van der Waals surface area contributed by atoms with Crippen molar-refractivity contribution in [1.29, 1.82) is 0 Å². The average Bonchev–Trinajstić information content (AvgIpc) is 2.75. The van der Waals surface area contributed by atoms with Gasteiger partial charge in [-0.1, -0.05) is 36.8 Å². The van der Waals surface area contributed by atoms with Crippen molar-refractivity contribution in [3.63, 3.8) is 0 Å². The van der Waals surface area contributed by atoms with E-state index < -0.39 is 0 Å². The van der Waals surface area contributed by atoms with Crippen LogP contribution in [-0.2, 0) is 6.54 Å². The van der Waals surface area contributed by atoms with Crippen LogP contribution in [0.25, 0.3) is 0 Å². The number of rotatable bonds is 7. The van der Waals surface area contributed by atoms with Gasteiger partial charge in [-0.05, 0) is 70.1 Å². The van der Waals surface area contributed by atoms with Gasteiger partial charge in [0.1, 0.15) is 0 Å². The molecular weight excluding hydrogens is 485 g/mol. The molecule has 2 saturated heterocycles. The maximum absolute atomic E-state index is 4.47. The van der Waals surface area contributed by atoms with Gasteiger partial charge in [-0.3, -0.25) is 9.89 Å². The zero-order chi connectivity index (χ0) is 20.5. The van der Waals surface area contributed by atoms with Crippen molar-refractivity contribution in [1.82, 2.24) is 20.4 Å². The number of likely N-dealkylation sites (tertiary alicyclic amines) is 2. The van der Waals surface area contributed by atoms with Gasteiger partial charge in [0.25, 0.3) is 0 Å². The summed E-state index contributed by atoms with van der Waals surface area (Å²) in [6, 6.07) is 9.54. The summed E-state index contributed by atoms with van der Waals surface area (Å²) in [7, 11) is 1.89. The Kier molecular flexibility index (Phi) is 11.5. The molecule has 1 aromatic rings. The minimum Gasteiger partial charge on any atom is -0.356 e. The summed E-state index contributed by atoms with van der Waals surface area (Å²) in [6.45, 7) is 12.6. The molecule has 0 unspecified atom stereocenters. The van der Waals surface area contributed by atoms with Gasteiger partial charge in [0, 0.05) is 39.3 Å². The quantitative estimate of drug-likeness (QED) is 0.321. The highest BCUT2D eigenvalue weighted by Gasteiger charge is 2.21. The molecule has 3 rings (SSSR count). The maximum Gasteiger partial charge on any atom is 0.191 e. The van der Waals surface area contributed by atoms with E-state index in [1.54, 1.807) is 0 Å². The van der Waals surface area contributed by atoms with Crippen LogP contribution in [0.15, 0.2) is 29.3 Å². The summed E-state index contributed by atoms with van der Waals surface area (Å²) in [5.74, 6) is 1.73. The van der Waals surface area contributed by atoms with Crippen LogP contribution in [0, 0.1) is 12.8 Å². The SMILES string of the molecule is CCCN1CCC(NC(=NC)NCC2CCN(Cc3ccc(C)cc3)CC2)CC1.I. The summed E-state index contributed by atoms with van der Waals surface area (Å²) in [5.41, 5.74) is 2.77. The van der Waals surface area contributed by atoms with Crippen molar-refractivity contribution >= 4 is 29.9 Å². The summed E-state index contributed by atoms with van der Waals surface area (Å²) in [5, 5.41) is 7.26. The molecule has 0 aromatic heterocycles. The number of aliphatic imine (C=N–C) groups is 1. The van der Waals surface area contributed by atoms with Crippen LogP contribution in [0.5, 0.6) is 0 Å². The average molecular weight is 528 g/mol. The minimum atomic E-state index is 0. The van der Waals surface area contributed by atoms with Crippen LogP contribution >= 0.6 is 24.0 Å². The van der Waals surface area contributed by atoms with E-state index >= 15 is 0 Å². The van der Waals surface area contributed by atoms with Gasteiger partial charge in [-0.2, -0.15) is 0 Å². The van der Waals surface area contributed by atoms with E-state index in [0.717, 1.165) is 25.0 Å². The van der Waals surface area contributed by atoms with Crippen LogP contribution in [0.3, 0.4) is 0 Å². The molecule has 1 aromatic carbocycles. The summed E-state index contributed by atoms with van der Waals surface area (Å²) >= 11 is 0. The number of guanidine groups is 1. The third-order valence-electron chi connectivity index (χ3n) is 6.48. The molecule has 0 spiro atoms. The Bertz CT molecular complexity index is 617. The van der Waals surface area contributed by atoms with Gasteiger partial charge in [-0.15, -0.1) is 24.0 Å². The van der Waals surface area contributed by atoms with E-state index in [0.29, 0.717) is 6.04 Å². The number of nitrogens with zero attached hydrogens (tertiary/aromatic N) is 3. The third-order valence-corrected chi connectivity index (χ3v) is 6.48. The first-order valence-electron chi connectivity index (χ1n) is 11.6. The van der Waals surface area contributed by atoms with Gasteiger partial charge in [0.15, 0.2) is 5.96 Å². The number of nitrogens with one attached hydrogen (secondary N) is 2. The molecule has 170 valence electrons. The highest BCUT2D eigenvalue weighted by Crippen LogP contribution is 2.19. The maximum atomic E-state index is 4.47. The van der Waals surface area contributed by atoms with Crippen LogP contribution in [-0.4, -0.2) is 68.1 Å². The lowest BCUT2D eigenvalue weighted by molar-refractivity contribution is 0.177. The van der Waals surface area contributed by atoms with Crippen LogP contribution in [0.1, 0.15) is 50.2 Å². The Morgan fingerprint density at radius 2 is 1.63 bits per heavy atom. The fourth-order valence-corrected chi connectivity index (χ4v) is 4.55. The van der Waals surface area contributed by atoms with E-state index in [9.17, 15) is 0 Å². The van der Waals surface area contributed by atoms with E-state index in [-0.39, 0.29) is 24.0 Å². The van der Waals surface area contributed by atoms with Crippen molar-refractivity contribution in [2.45, 2.75) is 58.5 Å². The smallest absolute Gasteiger partial charge is 0.191 e. The van der Waals surface area contributed by atoms with E-state index in [1.165, 1.54) is 76.0 Å². The highest BCUT2D eigenvalue weighted by molar-refractivity contribution is 14.0. The first kappa shape index (κ1) is 25.4. The summed E-state index contributed by atoms with van der Waals surface area (Å²) < 4.78 is 0. The Balaban J connectivity index is 0.00000320. The Labute approximate surface area is 201 Å².